The number of carbonyl (C=O) groups excluding carboxylic acids is 1. The number of hydrogen-bond acceptors (Lipinski definition) is 3. The number of amides is 1. The zero-order valence-corrected chi connectivity index (χ0v) is 10.6. The highest BCUT2D eigenvalue weighted by Gasteiger charge is 2.09. The van der Waals surface area contributed by atoms with Crippen LogP contribution in [-0.4, -0.2) is 18.6 Å². The Morgan fingerprint density at radius 2 is 2.24 bits per heavy atom. The molecule has 0 heterocycles. The molecule has 1 unspecified atom stereocenters. The maximum Gasteiger partial charge on any atom is 0.258 e. The maximum absolute atomic E-state index is 11.5. The Balaban J connectivity index is 2.53. The Labute approximate surface area is 102 Å². The van der Waals surface area contributed by atoms with E-state index in [1.807, 2.05) is 32.9 Å². The van der Waals surface area contributed by atoms with Crippen molar-refractivity contribution in [3.05, 3.63) is 23.8 Å². The Kier molecular flexibility index (Phi) is 4.82. The van der Waals surface area contributed by atoms with Gasteiger partial charge >= 0.3 is 0 Å². The number of ether oxygens (including phenoxy) is 1. The van der Waals surface area contributed by atoms with Crippen LogP contribution in [0.15, 0.2) is 18.2 Å². The normalized spacial score (nSPS) is 11.9. The molecule has 3 N–H and O–H groups in total. The standard InChI is InChI=1S/C13H20N2O2/c1-4-10(3)15-12(16)8-17-13-9(2)6-5-7-11(13)14/h5-7,10H,4,8,14H2,1-3H3,(H,15,16). The van der Waals surface area contributed by atoms with E-state index in [0.717, 1.165) is 12.0 Å². The second-order valence-electron chi connectivity index (χ2n) is 4.16. The molecule has 0 fully saturated rings. The number of nitrogens with one attached hydrogen (secondary N) is 1. The van der Waals surface area contributed by atoms with Gasteiger partial charge < -0.3 is 15.8 Å². The van der Waals surface area contributed by atoms with Gasteiger partial charge in [0, 0.05) is 6.04 Å². The highest BCUT2D eigenvalue weighted by Crippen LogP contribution is 2.25. The van der Waals surface area contributed by atoms with E-state index in [-0.39, 0.29) is 18.6 Å². The van der Waals surface area contributed by atoms with Gasteiger partial charge in [0.2, 0.25) is 0 Å². The molecule has 0 radical (unpaired) electrons. The summed E-state index contributed by atoms with van der Waals surface area (Å²) >= 11 is 0. The topological polar surface area (TPSA) is 64.3 Å². The van der Waals surface area contributed by atoms with E-state index in [9.17, 15) is 4.79 Å². The molecular formula is C13H20N2O2. The molecule has 0 aliphatic heterocycles. The monoisotopic (exact) mass is 236 g/mol. The molecule has 0 aromatic heterocycles. The van der Waals surface area contributed by atoms with Gasteiger partial charge in [0.1, 0.15) is 5.75 Å². The highest BCUT2D eigenvalue weighted by molar-refractivity contribution is 5.78. The van der Waals surface area contributed by atoms with Gasteiger partial charge in [0.15, 0.2) is 6.61 Å². The van der Waals surface area contributed by atoms with Crippen molar-refractivity contribution < 1.29 is 9.53 Å². The van der Waals surface area contributed by atoms with Gasteiger partial charge in [-0.25, -0.2) is 0 Å². The summed E-state index contributed by atoms with van der Waals surface area (Å²) < 4.78 is 5.44. The predicted octanol–water partition coefficient (Wildman–Crippen LogP) is 1.87. The van der Waals surface area contributed by atoms with Crippen LogP contribution >= 0.6 is 0 Å². The third-order valence-corrected chi connectivity index (χ3v) is 2.61. The van der Waals surface area contributed by atoms with Crippen LogP contribution < -0.4 is 15.8 Å². The van der Waals surface area contributed by atoms with Crippen LogP contribution in [0.5, 0.6) is 5.75 Å². The van der Waals surface area contributed by atoms with Crippen LogP contribution in [0.2, 0.25) is 0 Å². The predicted molar refractivity (Wildman–Crippen MR) is 69.0 cm³/mol. The van der Waals surface area contributed by atoms with E-state index in [1.165, 1.54) is 0 Å². The molecule has 4 nitrogen and oxygen atoms in total. The lowest BCUT2D eigenvalue weighted by Crippen LogP contribution is -2.35. The van der Waals surface area contributed by atoms with Crippen LogP contribution in [0.25, 0.3) is 0 Å². The second-order valence-corrected chi connectivity index (χ2v) is 4.16. The van der Waals surface area contributed by atoms with E-state index in [4.69, 9.17) is 10.5 Å². The first kappa shape index (κ1) is 13.4. The van der Waals surface area contributed by atoms with E-state index < -0.39 is 0 Å². The number of nitrogens with two attached hydrogens (primary N) is 1. The summed E-state index contributed by atoms with van der Waals surface area (Å²) in [7, 11) is 0. The Morgan fingerprint density at radius 3 is 2.82 bits per heavy atom. The van der Waals surface area contributed by atoms with E-state index >= 15 is 0 Å². The van der Waals surface area contributed by atoms with Crippen molar-refractivity contribution in [2.45, 2.75) is 33.2 Å². The Hall–Kier alpha value is -1.71. The van der Waals surface area contributed by atoms with Crippen molar-refractivity contribution in [2.75, 3.05) is 12.3 Å². The summed E-state index contributed by atoms with van der Waals surface area (Å²) in [6.45, 7) is 5.88. The molecule has 0 saturated carbocycles. The van der Waals surface area contributed by atoms with Crippen LogP contribution in [-0.2, 0) is 4.79 Å². The number of hydrogen-bond donors (Lipinski definition) is 2. The summed E-state index contributed by atoms with van der Waals surface area (Å²) in [5.41, 5.74) is 7.27. The Bertz CT molecular complexity index is 371. The molecular weight excluding hydrogens is 216 g/mol. The summed E-state index contributed by atoms with van der Waals surface area (Å²) in [5, 5.41) is 2.83. The van der Waals surface area contributed by atoms with Crippen molar-refractivity contribution in [1.29, 1.82) is 0 Å². The van der Waals surface area contributed by atoms with Crippen molar-refractivity contribution >= 4 is 11.6 Å². The zero-order chi connectivity index (χ0) is 12.8. The van der Waals surface area contributed by atoms with Crippen molar-refractivity contribution in [3.63, 3.8) is 0 Å². The third kappa shape index (κ3) is 3.98. The zero-order valence-electron chi connectivity index (χ0n) is 10.6. The summed E-state index contributed by atoms with van der Waals surface area (Å²) in [6.07, 6.45) is 0.901. The average molecular weight is 236 g/mol. The molecule has 94 valence electrons. The van der Waals surface area contributed by atoms with E-state index in [1.54, 1.807) is 6.07 Å². The summed E-state index contributed by atoms with van der Waals surface area (Å²) in [5.74, 6) is 0.466. The quantitative estimate of drug-likeness (QED) is 0.767. The van der Waals surface area contributed by atoms with Crippen molar-refractivity contribution in [1.82, 2.24) is 5.32 Å². The molecule has 0 aliphatic carbocycles. The first-order valence-electron chi connectivity index (χ1n) is 5.81. The van der Waals surface area contributed by atoms with Gasteiger partial charge in [-0.2, -0.15) is 0 Å². The van der Waals surface area contributed by atoms with Crippen molar-refractivity contribution in [2.24, 2.45) is 0 Å². The fourth-order valence-electron chi connectivity index (χ4n) is 1.43. The molecule has 1 amide bonds. The lowest BCUT2D eigenvalue weighted by atomic mass is 10.2. The second kappa shape index (κ2) is 6.13. The van der Waals surface area contributed by atoms with Gasteiger partial charge in [-0.15, -0.1) is 0 Å². The SMILES string of the molecule is CCC(C)NC(=O)COc1c(C)cccc1N. The molecule has 17 heavy (non-hydrogen) atoms. The minimum atomic E-state index is -0.123. The first-order chi connectivity index (χ1) is 8.04. The van der Waals surface area contributed by atoms with Gasteiger partial charge in [0.25, 0.3) is 5.91 Å². The number of aryl methyl sites for hydroxylation is 1. The molecule has 0 aliphatic rings. The fraction of sp³-hybridized carbons (Fsp3) is 0.462. The van der Waals surface area contributed by atoms with E-state index in [0.29, 0.717) is 11.4 Å². The van der Waals surface area contributed by atoms with E-state index in [2.05, 4.69) is 5.32 Å². The first-order valence-corrected chi connectivity index (χ1v) is 5.81. The molecule has 0 spiro atoms. The van der Waals surface area contributed by atoms with Crippen LogP contribution in [0, 0.1) is 6.92 Å². The molecule has 1 aromatic carbocycles. The fourth-order valence-corrected chi connectivity index (χ4v) is 1.43. The molecule has 0 saturated heterocycles. The number of nitrogen functional groups attached to an aromatic ring is 1. The summed E-state index contributed by atoms with van der Waals surface area (Å²) in [4.78, 5) is 11.5. The largest absolute Gasteiger partial charge is 0.481 e. The number of benzene rings is 1. The third-order valence-electron chi connectivity index (χ3n) is 2.61. The maximum atomic E-state index is 11.5. The number of anilines is 1. The molecule has 4 heteroatoms. The lowest BCUT2D eigenvalue weighted by Gasteiger charge is -2.14. The lowest BCUT2D eigenvalue weighted by molar-refractivity contribution is -0.123. The molecule has 0 bridgehead atoms. The number of para-hydroxylation sites is 1. The Morgan fingerprint density at radius 1 is 1.53 bits per heavy atom. The molecule has 1 aromatic rings. The van der Waals surface area contributed by atoms with Gasteiger partial charge in [-0.1, -0.05) is 19.1 Å². The van der Waals surface area contributed by atoms with Crippen molar-refractivity contribution in [3.8, 4) is 5.75 Å². The smallest absolute Gasteiger partial charge is 0.258 e. The minimum absolute atomic E-state index is 0.000602. The van der Waals surface area contributed by atoms with Crippen LogP contribution in [0.3, 0.4) is 0 Å². The number of rotatable bonds is 5. The highest BCUT2D eigenvalue weighted by atomic mass is 16.5. The number of carbonyl (C=O) groups is 1. The average Bonchev–Trinajstić information content (AvgIpc) is 2.28. The van der Waals surface area contributed by atoms with Gasteiger partial charge in [-0.05, 0) is 31.9 Å². The van der Waals surface area contributed by atoms with Gasteiger partial charge in [-0.3, -0.25) is 4.79 Å². The minimum Gasteiger partial charge on any atom is -0.481 e. The molecule has 1 atom stereocenters. The van der Waals surface area contributed by atoms with Crippen LogP contribution in [0.4, 0.5) is 5.69 Å². The van der Waals surface area contributed by atoms with Gasteiger partial charge in [0.05, 0.1) is 5.69 Å². The molecule has 1 rings (SSSR count). The van der Waals surface area contributed by atoms with Crippen LogP contribution in [0.1, 0.15) is 25.8 Å². The summed E-state index contributed by atoms with van der Waals surface area (Å²) in [6, 6.07) is 5.68.